The van der Waals surface area contributed by atoms with Crippen LogP contribution < -0.4 is 4.90 Å². The van der Waals surface area contributed by atoms with Gasteiger partial charge in [-0.15, -0.1) is 10.2 Å². The monoisotopic (exact) mass is 355 g/mol. The van der Waals surface area contributed by atoms with Crippen molar-refractivity contribution in [2.75, 3.05) is 19.0 Å². The Balaban J connectivity index is 1.68. The third kappa shape index (κ3) is 3.88. The van der Waals surface area contributed by atoms with Crippen LogP contribution in [0, 0.1) is 5.82 Å². The van der Waals surface area contributed by atoms with Gasteiger partial charge in [-0.05, 0) is 55.5 Å². The van der Waals surface area contributed by atoms with E-state index in [0.29, 0.717) is 11.1 Å². The van der Waals surface area contributed by atoms with Gasteiger partial charge in [0.05, 0.1) is 5.56 Å². The van der Waals surface area contributed by atoms with Crippen LogP contribution in [0.15, 0.2) is 52.9 Å². The van der Waals surface area contributed by atoms with Crippen molar-refractivity contribution >= 4 is 11.7 Å². The molecule has 0 amide bonds. The van der Waals surface area contributed by atoms with Crippen LogP contribution in [0.25, 0.3) is 11.5 Å². The highest BCUT2D eigenvalue weighted by Gasteiger charge is 2.20. The third-order valence-electron chi connectivity index (χ3n) is 3.78. The van der Waals surface area contributed by atoms with Crippen molar-refractivity contribution in [3.63, 3.8) is 0 Å². The summed E-state index contributed by atoms with van der Waals surface area (Å²) in [6.45, 7) is 1.65. The Labute approximate surface area is 150 Å². The molecule has 7 heteroatoms. The van der Waals surface area contributed by atoms with E-state index in [1.165, 1.54) is 24.3 Å². The zero-order valence-electron chi connectivity index (χ0n) is 14.6. The van der Waals surface area contributed by atoms with Crippen LogP contribution in [0.5, 0.6) is 0 Å². The van der Waals surface area contributed by atoms with Gasteiger partial charge in [0.1, 0.15) is 5.82 Å². The summed E-state index contributed by atoms with van der Waals surface area (Å²) in [5.41, 5.74) is 2.00. The van der Waals surface area contributed by atoms with Crippen molar-refractivity contribution in [2.45, 2.75) is 13.0 Å². The number of ether oxygens (including phenoxy) is 1. The number of esters is 1. The second kappa shape index (κ2) is 7.35. The van der Waals surface area contributed by atoms with Crippen LogP contribution >= 0.6 is 0 Å². The highest BCUT2D eigenvalue weighted by Crippen LogP contribution is 2.23. The van der Waals surface area contributed by atoms with Crippen molar-refractivity contribution in [3.05, 3.63) is 65.8 Å². The molecule has 0 unspecified atom stereocenters. The van der Waals surface area contributed by atoms with Crippen molar-refractivity contribution in [1.82, 2.24) is 10.2 Å². The van der Waals surface area contributed by atoms with Crippen LogP contribution in [0.3, 0.4) is 0 Å². The van der Waals surface area contributed by atoms with E-state index in [4.69, 9.17) is 9.15 Å². The molecular formula is C19H18FN3O3. The molecule has 3 rings (SSSR count). The summed E-state index contributed by atoms with van der Waals surface area (Å²) in [6.07, 6.45) is -0.710. The van der Waals surface area contributed by atoms with Gasteiger partial charge in [-0.25, -0.2) is 9.18 Å². The zero-order valence-corrected chi connectivity index (χ0v) is 14.6. The molecule has 0 radical (unpaired) electrons. The van der Waals surface area contributed by atoms with Gasteiger partial charge in [-0.1, -0.05) is 0 Å². The van der Waals surface area contributed by atoms with Gasteiger partial charge < -0.3 is 14.1 Å². The number of hydrogen-bond donors (Lipinski definition) is 0. The zero-order chi connectivity index (χ0) is 18.7. The SMILES string of the molecule is C[C@H](OC(=O)c1ccc(N(C)C)cc1)c1nnc(-c2ccc(F)cc2)o1. The van der Waals surface area contributed by atoms with E-state index in [1.54, 1.807) is 19.1 Å². The Morgan fingerprint density at radius 2 is 1.73 bits per heavy atom. The van der Waals surface area contributed by atoms with Gasteiger partial charge in [0.25, 0.3) is 5.89 Å². The minimum atomic E-state index is -0.710. The van der Waals surface area contributed by atoms with Crippen molar-refractivity contribution in [2.24, 2.45) is 0 Å². The number of carbonyl (C=O) groups is 1. The molecule has 0 aliphatic carbocycles. The molecular weight excluding hydrogens is 337 g/mol. The number of aromatic nitrogens is 2. The average molecular weight is 355 g/mol. The van der Waals surface area contributed by atoms with Crippen LogP contribution in [0.2, 0.25) is 0 Å². The smallest absolute Gasteiger partial charge is 0.338 e. The van der Waals surface area contributed by atoms with Crippen LogP contribution in [0.4, 0.5) is 10.1 Å². The highest BCUT2D eigenvalue weighted by atomic mass is 19.1. The molecule has 0 saturated heterocycles. The van der Waals surface area contributed by atoms with E-state index in [9.17, 15) is 9.18 Å². The molecule has 0 spiro atoms. The molecule has 0 aliphatic rings. The second-order valence-electron chi connectivity index (χ2n) is 5.94. The summed E-state index contributed by atoms with van der Waals surface area (Å²) in [5.74, 6) is -0.429. The minimum absolute atomic E-state index is 0.169. The Hall–Kier alpha value is -3.22. The summed E-state index contributed by atoms with van der Waals surface area (Å²) >= 11 is 0. The maximum absolute atomic E-state index is 13.0. The van der Waals surface area contributed by atoms with Crippen molar-refractivity contribution in [1.29, 1.82) is 0 Å². The molecule has 134 valence electrons. The quantitative estimate of drug-likeness (QED) is 0.648. The molecule has 0 fully saturated rings. The number of nitrogens with zero attached hydrogens (tertiary/aromatic N) is 3. The van der Waals surface area contributed by atoms with Crippen LogP contribution in [-0.2, 0) is 4.74 Å². The fourth-order valence-corrected chi connectivity index (χ4v) is 2.28. The normalized spacial score (nSPS) is 11.8. The first kappa shape index (κ1) is 17.6. The largest absolute Gasteiger partial charge is 0.449 e. The third-order valence-corrected chi connectivity index (χ3v) is 3.78. The number of benzene rings is 2. The van der Waals surface area contributed by atoms with E-state index in [1.807, 2.05) is 31.1 Å². The minimum Gasteiger partial charge on any atom is -0.449 e. The molecule has 1 aromatic heterocycles. The van der Waals surface area contributed by atoms with Gasteiger partial charge in [0.2, 0.25) is 5.89 Å². The van der Waals surface area contributed by atoms with E-state index in [0.717, 1.165) is 5.69 Å². The molecule has 0 bridgehead atoms. The standard InChI is InChI=1S/C19H18FN3O3/c1-12(25-19(24)14-6-10-16(11-7-14)23(2)3)17-21-22-18(26-17)13-4-8-15(20)9-5-13/h4-12H,1-3H3/t12-/m0/s1. The van der Waals surface area contributed by atoms with E-state index in [2.05, 4.69) is 10.2 Å². The maximum Gasteiger partial charge on any atom is 0.338 e. The first-order valence-corrected chi connectivity index (χ1v) is 8.02. The predicted molar refractivity (Wildman–Crippen MR) is 94.3 cm³/mol. The number of carbonyl (C=O) groups excluding carboxylic acids is 1. The molecule has 3 aromatic rings. The number of halogens is 1. The summed E-state index contributed by atoms with van der Waals surface area (Å²) in [4.78, 5) is 14.2. The first-order valence-electron chi connectivity index (χ1n) is 8.02. The summed E-state index contributed by atoms with van der Waals surface area (Å²) in [6, 6.07) is 12.7. The lowest BCUT2D eigenvalue weighted by molar-refractivity contribution is 0.0280. The summed E-state index contributed by atoms with van der Waals surface area (Å²) < 4.78 is 23.9. The fourth-order valence-electron chi connectivity index (χ4n) is 2.28. The molecule has 0 saturated carbocycles. The van der Waals surface area contributed by atoms with Crippen LogP contribution in [-0.4, -0.2) is 30.3 Å². The average Bonchev–Trinajstić information content (AvgIpc) is 3.12. The maximum atomic E-state index is 13.0. The number of hydrogen-bond acceptors (Lipinski definition) is 6. The molecule has 26 heavy (non-hydrogen) atoms. The van der Waals surface area contributed by atoms with Gasteiger partial charge in [0, 0.05) is 25.3 Å². The van der Waals surface area contributed by atoms with E-state index < -0.39 is 12.1 Å². The Bertz CT molecular complexity index is 889. The lowest BCUT2D eigenvalue weighted by Gasteiger charge is -2.13. The fraction of sp³-hybridized carbons (Fsp3) is 0.211. The van der Waals surface area contributed by atoms with Gasteiger partial charge in [-0.2, -0.15) is 0 Å². The van der Waals surface area contributed by atoms with E-state index in [-0.39, 0.29) is 17.6 Å². The van der Waals surface area contributed by atoms with Crippen molar-refractivity contribution < 1.29 is 18.3 Å². The molecule has 1 atom stereocenters. The molecule has 2 aromatic carbocycles. The Kier molecular flexibility index (Phi) is 4.97. The highest BCUT2D eigenvalue weighted by molar-refractivity contribution is 5.90. The summed E-state index contributed by atoms with van der Waals surface area (Å²) in [7, 11) is 3.84. The lowest BCUT2D eigenvalue weighted by atomic mass is 10.2. The van der Waals surface area contributed by atoms with E-state index >= 15 is 0 Å². The molecule has 0 aliphatic heterocycles. The topological polar surface area (TPSA) is 68.5 Å². The van der Waals surface area contributed by atoms with Gasteiger partial charge >= 0.3 is 5.97 Å². The van der Waals surface area contributed by atoms with Gasteiger partial charge in [-0.3, -0.25) is 0 Å². The predicted octanol–water partition coefficient (Wildman–Crippen LogP) is 3.86. The second-order valence-corrected chi connectivity index (χ2v) is 5.94. The molecule has 6 nitrogen and oxygen atoms in total. The Morgan fingerprint density at radius 3 is 2.35 bits per heavy atom. The van der Waals surface area contributed by atoms with Crippen molar-refractivity contribution in [3.8, 4) is 11.5 Å². The molecule has 1 heterocycles. The first-order chi connectivity index (χ1) is 12.4. The lowest BCUT2D eigenvalue weighted by Crippen LogP contribution is -2.11. The Morgan fingerprint density at radius 1 is 1.08 bits per heavy atom. The number of anilines is 1. The van der Waals surface area contributed by atoms with Crippen LogP contribution in [0.1, 0.15) is 29.3 Å². The molecule has 0 N–H and O–H groups in total. The van der Waals surface area contributed by atoms with Gasteiger partial charge in [0.15, 0.2) is 6.10 Å². The summed E-state index contributed by atoms with van der Waals surface area (Å²) in [5, 5.41) is 7.82. The number of rotatable bonds is 5.